The van der Waals surface area contributed by atoms with Gasteiger partial charge in [0.05, 0.1) is 19.4 Å². The van der Waals surface area contributed by atoms with E-state index in [1.165, 1.54) is 17.8 Å². The number of aromatic nitrogens is 4. The smallest absolute Gasteiger partial charge is 0.306 e. The summed E-state index contributed by atoms with van der Waals surface area (Å²) in [6, 6.07) is 0. The number of imidazole rings is 1. The molecule has 0 bridgehead atoms. The molecule has 3 atom stereocenters. The van der Waals surface area contributed by atoms with Gasteiger partial charge in [-0.2, -0.15) is 4.98 Å². The topological polar surface area (TPSA) is 166 Å². The molecule has 0 radical (unpaired) electrons. The van der Waals surface area contributed by atoms with Crippen LogP contribution in [0.1, 0.15) is 46.3 Å². The van der Waals surface area contributed by atoms with Crippen molar-refractivity contribution in [3.63, 3.8) is 0 Å². The number of Topliss-reactive ketones (excluding diaryl/α,β-unsaturated/α-hetero) is 1. The summed E-state index contributed by atoms with van der Waals surface area (Å²) in [6.07, 6.45) is -0.678. The molecule has 1 aliphatic heterocycles. The van der Waals surface area contributed by atoms with Crippen molar-refractivity contribution < 1.29 is 29.0 Å². The highest BCUT2D eigenvalue weighted by atomic mass is 16.6. The number of anilines is 1. The van der Waals surface area contributed by atoms with Gasteiger partial charge in [0, 0.05) is 18.8 Å². The summed E-state index contributed by atoms with van der Waals surface area (Å²) in [7, 11) is 0. The number of aliphatic hydroxyl groups is 1. The second kappa shape index (κ2) is 9.35. The molecule has 3 rings (SSSR count). The number of carbonyl (C=O) groups is 3. The van der Waals surface area contributed by atoms with Crippen molar-refractivity contribution in [2.24, 2.45) is 5.92 Å². The van der Waals surface area contributed by atoms with E-state index < -0.39 is 36.6 Å². The molecule has 1 aliphatic rings. The third-order valence-corrected chi connectivity index (χ3v) is 4.83. The maximum absolute atomic E-state index is 12.3. The molecular formula is C19H25N5O7. The number of amides is 1. The van der Waals surface area contributed by atoms with Gasteiger partial charge < -0.3 is 19.4 Å². The van der Waals surface area contributed by atoms with E-state index in [0.29, 0.717) is 0 Å². The number of esters is 1. The first-order chi connectivity index (χ1) is 14.7. The molecule has 168 valence electrons. The first-order valence-electron chi connectivity index (χ1n) is 9.92. The van der Waals surface area contributed by atoms with Crippen molar-refractivity contribution in [3.8, 4) is 0 Å². The Labute approximate surface area is 177 Å². The molecule has 2 aromatic rings. The third kappa shape index (κ3) is 5.14. The minimum atomic E-state index is -0.786. The summed E-state index contributed by atoms with van der Waals surface area (Å²) >= 11 is 0. The number of ether oxygens (including phenoxy) is 2. The first-order valence-corrected chi connectivity index (χ1v) is 9.92. The quantitative estimate of drug-likeness (QED) is 0.493. The van der Waals surface area contributed by atoms with Crippen molar-refractivity contribution in [1.82, 2.24) is 19.5 Å². The van der Waals surface area contributed by atoms with Crippen molar-refractivity contribution in [3.05, 3.63) is 16.7 Å². The predicted molar refractivity (Wildman–Crippen MR) is 107 cm³/mol. The molecule has 0 aliphatic carbocycles. The fourth-order valence-electron chi connectivity index (χ4n) is 3.12. The van der Waals surface area contributed by atoms with Crippen LogP contribution in [0.2, 0.25) is 0 Å². The summed E-state index contributed by atoms with van der Waals surface area (Å²) in [6.45, 7) is 4.40. The summed E-state index contributed by atoms with van der Waals surface area (Å²) < 4.78 is 12.7. The molecule has 3 N–H and O–H groups in total. The minimum Gasteiger partial charge on any atom is -0.459 e. The zero-order valence-electron chi connectivity index (χ0n) is 17.5. The van der Waals surface area contributed by atoms with Crippen LogP contribution in [0.4, 0.5) is 5.95 Å². The highest BCUT2D eigenvalue weighted by Crippen LogP contribution is 2.32. The first kappa shape index (κ1) is 22.6. The normalized spacial score (nSPS) is 20.9. The number of hydrogen-bond acceptors (Lipinski definition) is 9. The van der Waals surface area contributed by atoms with Gasteiger partial charge in [0.25, 0.3) is 5.56 Å². The van der Waals surface area contributed by atoms with Crippen LogP contribution in [0.5, 0.6) is 0 Å². The summed E-state index contributed by atoms with van der Waals surface area (Å²) in [5.41, 5.74) is -0.312. The van der Waals surface area contributed by atoms with E-state index >= 15 is 0 Å². The van der Waals surface area contributed by atoms with Crippen LogP contribution < -0.4 is 10.9 Å². The van der Waals surface area contributed by atoms with E-state index in [-0.39, 0.29) is 54.0 Å². The minimum absolute atomic E-state index is 0.0261. The maximum Gasteiger partial charge on any atom is 0.306 e. The van der Waals surface area contributed by atoms with Crippen LogP contribution in [-0.4, -0.2) is 61.1 Å². The Balaban J connectivity index is 1.81. The monoisotopic (exact) mass is 435 g/mol. The Hall–Kier alpha value is -3.12. The summed E-state index contributed by atoms with van der Waals surface area (Å²) in [5, 5.41) is 12.2. The molecule has 2 aromatic heterocycles. The van der Waals surface area contributed by atoms with Crippen LogP contribution in [0, 0.1) is 5.92 Å². The van der Waals surface area contributed by atoms with E-state index in [1.807, 2.05) is 0 Å². The van der Waals surface area contributed by atoms with E-state index in [1.54, 1.807) is 13.8 Å². The molecule has 3 heterocycles. The number of fused-ring (bicyclic) bond motifs is 1. The van der Waals surface area contributed by atoms with Crippen LogP contribution in [0.25, 0.3) is 11.2 Å². The van der Waals surface area contributed by atoms with Gasteiger partial charge in [-0.1, -0.05) is 13.8 Å². The number of nitrogens with zero attached hydrogens (tertiary/aromatic N) is 3. The predicted octanol–water partition coefficient (Wildman–Crippen LogP) is 0.275. The van der Waals surface area contributed by atoms with E-state index in [0.717, 1.165) is 0 Å². The van der Waals surface area contributed by atoms with Gasteiger partial charge in [-0.25, -0.2) is 4.98 Å². The summed E-state index contributed by atoms with van der Waals surface area (Å²) in [4.78, 5) is 58.1. The number of nitrogens with one attached hydrogen (secondary N) is 2. The molecule has 1 saturated heterocycles. The van der Waals surface area contributed by atoms with Crippen molar-refractivity contribution in [2.75, 3.05) is 11.9 Å². The van der Waals surface area contributed by atoms with Crippen molar-refractivity contribution in [1.29, 1.82) is 0 Å². The lowest BCUT2D eigenvalue weighted by Gasteiger charge is -2.16. The number of hydrogen-bond donors (Lipinski definition) is 3. The van der Waals surface area contributed by atoms with Gasteiger partial charge in [0.15, 0.2) is 11.2 Å². The van der Waals surface area contributed by atoms with Gasteiger partial charge in [-0.15, -0.1) is 0 Å². The molecule has 0 aromatic carbocycles. The number of aliphatic hydroxyl groups excluding tert-OH is 1. The van der Waals surface area contributed by atoms with Crippen LogP contribution in [0.15, 0.2) is 11.1 Å². The molecule has 12 heteroatoms. The van der Waals surface area contributed by atoms with E-state index in [4.69, 9.17) is 9.47 Å². The van der Waals surface area contributed by atoms with Gasteiger partial charge in [-0.3, -0.25) is 29.3 Å². The Morgan fingerprint density at radius 2 is 2.13 bits per heavy atom. The van der Waals surface area contributed by atoms with Gasteiger partial charge in [0.1, 0.15) is 24.2 Å². The van der Waals surface area contributed by atoms with Crippen molar-refractivity contribution >= 4 is 34.8 Å². The van der Waals surface area contributed by atoms with Crippen LogP contribution in [-0.2, 0) is 23.9 Å². The SMILES string of the molecule is CC(=O)CCC(=O)O[C@@H]1C[C@@H](n2cnc3c(=O)[nH]c(NC(=O)C(C)C)nc32)O[C@H]1CO. The fourth-order valence-corrected chi connectivity index (χ4v) is 3.12. The lowest BCUT2D eigenvalue weighted by atomic mass is 10.2. The molecule has 1 fully saturated rings. The molecule has 0 unspecified atom stereocenters. The number of H-pyrrole nitrogens is 1. The largest absolute Gasteiger partial charge is 0.459 e. The average Bonchev–Trinajstić information content (AvgIpc) is 3.30. The number of rotatable bonds is 8. The highest BCUT2D eigenvalue weighted by Gasteiger charge is 2.39. The second-order valence-electron chi connectivity index (χ2n) is 7.66. The lowest BCUT2D eigenvalue weighted by Crippen LogP contribution is -2.30. The lowest BCUT2D eigenvalue weighted by molar-refractivity contribution is -0.153. The molecule has 1 amide bonds. The van der Waals surface area contributed by atoms with Crippen molar-refractivity contribution in [2.45, 2.75) is 58.5 Å². The maximum atomic E-state index is 12.3. The standard InChI is InChI=1S/C19H25N5O7/c1-9(2)17(28)22-19-21-16-15(18(29)23-19)20-8-24(16)13-6-11(12(7-25)30-13)31-14(27)5-4-10(3)26/h8-9,11-13,25H,4-7H2,1-3H3,(H2,21,22,23,28,29)/t11-,12+,13+/m1/s1. The van der Waals surface area contributed by atoms with E-state index in [2.05, 4.69) is 20.3 Å². The van der Waals surface area contributed by atoms with Crippen LogP contribution >= 0.6 is 0 Å². The molecule has 12 nitrogen and oxygen atoms in total. The van der Waals surface area contributed by atoms with Crippen LogP contribution in [0.3, 0.4) is 0 Å². The molecule has 0 spiro atoms. The Kier molecular flexibility index (Phi) is 6.81. The molecular weight excluding hydrogens is 410 g/mol. The Bertz CT molecular complexity index is 1040. The number of aromatic amines is 1. The number of ketones is 1. The zero-order chi connectivity index (χ0) is 22.7. The molecule has 31 heavy (non-hydrogen) atoms. The van der Waals surface area contributed by atoms with Gasteiger partial charge >= 0.3 is 5.97 Å². The Morgan fingerprint density at radius 1 is 1.39 bits per heavy atom. The Morgan fingerprint density at radius 3 is 2.77 bits per heavy atom. The van der Waals surface area contributed by atoms with E-state index in [9.17, 15) is 24.3 Å². The molecule has 0 saturated carbocycles. The summed E-state index contributed by atoms with van der Waals surface area (Å²) in [5.74, 6) is -1.34. The van der Waals surface area contributed by atoms with Gasteiger partial charge in [-0.05, 0) is 6.92 Å². The average molecular weight is 435 g/mol. The number of carbonyl (C=O) groups excluding carboxylic acids is 3. The fraction of sp³-hybridized carbons (Fsp3) is 0.579. The zero-order valence-corrected chi connectivity index (χ0v) is 17.5. The van der Waals surface area contributed by atoms with Gasteiger partial charge in [0.2, 0.25) is 11.9 Å². The highest BCUT2D eigenvalue weighted by molar-refractivity contribution is 5.91. The second-order valence-corrected chi connectivity index (χ2v) is 7.66. The third-order valence-electron chi connectivity index (χ3n) is 4.83.